The Hall–Kier alpha value is -3.63. The van der Waals surface area contributed by atoms with Crippen LogP contribution in [0.4, 0.5) is 28.0 Å². The van der Waals surface area contributed by atoms with Gasteiger partial charge in [-0.2, -0.15) is 13.2 Å². The molecule has 2 aromatic carbocycles. The number of halogens is 4. The maximum absolute atomic E-state index is 14.4. The predicted molar refractivity (Wildman–Crippen MR) is 113 cm³/mol. The van der Waals surface area contributed by atoms with Crippen LogP contribution >= 0.6 is 0 Å². The highest BCUT2D eigenvalue weighted by molar-refractivity contribution is 5.97. The molecule has 1 aliphatic heterocycles. The quantitative estimate of drug-likeness (QED) is 0.559. The van der Waals surface area contributed by atoms with Gasteiger partial charge in [0.25, 0.3) is 17.4 Å². The van der Waals surface area contributed by atoms with Crippen LogP contribution in [-0.4, -0.2) is 36.7 Å². The molecule has 0 aromatic heterocycles. The maximum Gasteiger partial charge on any atom is 0.434 e. The van der Waals surface area contributed by atoms with Crippen molar-refractivity contribution in [3.8, 4) is 0 Å². The van der Waals surface area contributed by atoms with Crippen LogP contribution in [0.15, 0.2) is 42.5 Å². The van der Waals surface area contributed by atoms with Gasteiger partial charge in [0.05, 0.1) is 12.2 Å². The smallest absolute Gasteiger partial charge is 0.426 e. The van der Waals surface area contributed by atoms with Gasteiger partial charge in [-0.25, -0.2) is 9.18 Å². The Morgan fingerprint density at radius 3 is 2.32 bits per heavy atom. The van der Waals surface area contributed by atoms with E-state index in [0.717, 1.165) is 56.0 Å². The van der Waals surface area contributed by atoms with Gasteiger partial charge in [0.15, 0.2) is 0 Å². The number of hydrogen-bond donors (Lipinski definition) is 3. The van der Waals surface area contributed by atoms with Crippen molar-refractivity contribution in [2.75, 3.05) is 11.9 Å². The van der Waals surface area contributed by atoms with E-state index in [1.165, 1.54) is 12.1 Å². The van der Waals surface area contributed by atoms with E-state index in [-0.39, 0.29) is 22.9 Å². The van der Waals surface area contributed by atoms with Crippen molar-refractivity contribution in [2.24, 2.45) is 0 Å². The molecule has 2 aliphatic rings. The van der Waals surface area contributed by atoms with Crippen LogP contribution in [0.2, 0.25) is 0 Å². The van der Waals surface area contributed by atoms with Crippen molar-refractivity contribution in [3.63, 3.8) is 0 Å². The van der Waals surface area contributed by atoms with E-state index >= 15 is 0 Å². The Balaban J connectivity index is 1.66. The lowest BCUT2D eigenvalue weighted by molar-refractivity contribution is -0.261. The molecule has 180 valence electrons. The first-order valence-electron chi connectivity index (χ1n) is 10.6. The summed E-state index contributed by atoms with van der Waals surface area (Å²) in [5.41, 5.74) is -4.07. The molecule has 1 saturated carbocycles. The van der Waals surface area contributed by atoms with E-state index in [9.17, 15) is 31.9 Å². The molecule has 1 unspecified atom stereocenters. The van der Waals surface area contributed by atoms with Gasteiger partial charge in [-0.05, 0) is 55.3 Å². The molecule has 0 spiro atoms. The zero-order chi connectivity index (χ0) is 24.5. The lowest BCUT2D eigenvalue weighted by atomic mass is 9.88. The summed E-state index contributed by atoms with van der Waals surface area (Å²) in [6, 6.07) is 7.66. The van der Waals surface area contributed by atoms with Crippen molar-refractivity contribution < 1.29 is 36.7 Å². The summed E-state index contributed by atoms with van der Waals surface area (Å²) in [5, 5.41) is 7.13. The minimum Gasteiger partial charge on any atom is -0.426 e. The predicted octanol–water partition coefficient (Wildman–Crippen LogP) is 4.25. The van der Waals surface area contributed by atoms with Crippen LogP contribution < -0.4 is 16.0 Å². The van der Waals surface area contributed by atoms with Crippen molar-refractivity contribution in [1.29, 1.82) is 0 Å². The fraction of sp³-hybridized carbons (Fsp3) is 0.348. The van der Waals surface area contributed by atoms with E-state index in [0.29, 0.717) is 0 Å². The monoisotopic (exact) mass is 479 g/mol. The van der Waals surface area contributed by atoms with Gasteiger partial charge in [-0.1, -0.05) is 12.8 Å². The molecule has 2 aromatic rings. The van der Waals surface area contributed by atoms with E-state index in [1.807, 2.05) is 0 Å². The van der Waals surface area contributed by atoms with E-state index in [1.54, 1.807) is 0 Å². The number of benzene rings is 2. The van der Waals surface area contributed by atoms with E-state index in [4.69, 9.17) is 4.74 Å². The second-order valence-corrected chi connectivity index (χ2v) is 8.24. The minimum atomic E-state index is -5.14. The number of carbonyl (C=O) groups excluding carboxylic acids is 3. The first-order valence-corrected chi connectivity index (χ1v) is 10.6. The third-order valence-electron chi connectivity index (χ3n) is 5.97. The summed E-state index contributed by atoms with van der Waals surface area (Å²) >= 11 is 0. The molecule has 1 fully saturated rings. The van der Waals surface area contributed by atoms with E-state index in [2.05, 4.69) is 16.0 Å². The van der Waals surface area contributed by atoms with Crippen LogP contribution in [0.25, 0.3) is 0 Å². The van der Waals surface area contributed by atoms with Gasteiger partial charge in [0.2, 0.25) is 0 Å². The summed E-state index contributed by atoms with van der Waals surface area (Å²) in [6.07, 6.45) is -3.00. The Kier molecular flexibility index (Phi) is 6.20. The van der Waals surface area contributed by atoms with Crippen LogP contribution in [-0.2, 0) is 10.3 Å². The minimum absolute atomic E-state index is 0.0381. The van der Waals surface area contributed by atoms with E-state index < -0.39 is 47.6 Å². The highest BCUT2D eigenvalue weighted by Crippen LogP contribution is 2.47. The molecule has 3 N–H and O–H groups in total. The molecular weight excluding hydrogens is 458 g/mol. The molecule has 4 rings (SSSR count). The third-order valence-corrected chi connectivity index (χ3v) is 5.97. The topological polar surface area (TPSA) is 96.5 Å². The zero-order valence-electron chi connectivity index (χ0n) is 17.8. The summed E-state index contributed by atoms with van der Waals surface area (Å²) < 4.78 is 61.1. The van der Waals surface area contributed by atoms with Crippen LogP contribution in [0.5, 0.6) is 0 Å². The summed E-state index contributed by atoms with van der Waals surface area (Å²) in [5.74, 6) is -2.08. The molecule has 11 heteroatoms. The van der Waals surface area contributed by atoms with Crippen LogP contribution in [0.1, 0.15) is 52.0 Å². The Morgan fingerprint density at radius 2 is 1.68 bits per heavy atom. The number of nitrogens with one attached hydrogen (secondary N) is 3. The van der Waals surface area contributed by atoms with Crippen LogP contribution in [0.3, 0.4) is 0 Å². The SMILES string of the molecule is O=C1Nc2ccc(C(=O)NC3CCCC3)cc2C(CNC(=O)c2ccc(F)cc2)(C(F)(F)F)O1. The molecule has 0 bridgehead atoms. The van der Waals surface area contributed by atoms with Crippen molar-refractivity contribution in [1.82, 2.24) is 10.6 Å². The molecule has 7 nitrogen and oxygen atoms in total. The third kappa shape index (κ3) is 4.55. The summed E-state index contributed by atoms with van der Waals surface area (Å²) in [4.78, 5) is 37.1. The number of cyclic esters (lactones) is 1. The Labute approximate surface area is 191 Å². The largest absolute Gasteiger partial charge is 0.434 e. The number of carbonyl (C=O) groups is 3. The maximum atomic E-state index is 14.4. The number of hydrogen-bond acceptors (Lipinski definition) is 4. The molecule has 34 heavy (non-hydrogen) atoms. The van der Waals surface area contributed by atoms with Gasteiger partial charge >= 0.3 is 12.3 Å². The van der Waals surface area contributed by atoms with Gasteiger partial charge < -0.3 is 15.4 Å². The number of amides is 3. The molecular formula is C23H21F4N3O4. The van der Waals surface area contributed by atoms with Crippen molar-refractivity contribution in [2.45, 2.75) is 43.5 Å². The first kappa shape index (κ1) is 23.5. The lowest BCUT2D eigenvalue weighted by Gasteiger charge is -2.39. The molecule has 0 saturated heterocycles. The molecule has 1 aliphatic carbocycles. The molecule has 1 atom stereocenters. The standard InChI is InChI=1S/C23H21F4N3O4/c24-15-8-5-13(6-9-15)19(31)28-12-22(23(25,26)27)17-11-14(7-10-18(17)30-21(33)34-22)20(32)29-16-3-1-2-4-16/h5-11,16H,1-4,12H2,(H,28,31)(H,29,32)(H,30,33). The lowest BCUT2D eigenvalue weighted by Crippen LogP contribution is -2.56. The highest BCUT2D eigenvalue weighted by atomic mass is 19.4. The first-order chi connectivity index (χ1) is 16.1. The van der Waals surface area contributed by atoms with Crippen molar-refractivity contribution >= 4 is 23.6 Å². The molecule has 3 amide bonds. The van der Waals surface area contributed by atoms with Gasteiger partial charge in [-0.3, -0.25) is 14.9 Å². The fourth-order valence-corrected chi connectivity index (χ4v) is 4.17. The fourth-order valence-electron chi connectivity index (χ4n) is 4.17. The van der Waals surface area contributed by atoms with Crippen molar-refractivity contribution in [3.05, 3.63) is 65.0 Å². The summed E-state index contributed by atoms with van der Waals surface area (Å²) in [6.45, 7) is -1.15. The zero-order valence-corrected chi connectivity index (χ0v) is 17.8. The number of ether oxygens (including phenoxy) is 1. The second kappa shape index (κ2) is 8.96. The molecule has 1 heterocycles. The Bertz CT molecular complexity index is 1110. The number of rotatable bonds is 5. The highest BCUT2D eigenvalue weighted by Gasteiger charge is 2.62. The summed E-state index contributed by atoms with van der Waals surface area (Å²) in [7, 11) is 0. The average Bonchev–Trinajstić information content (AvgIpc) is 3.29. The average molecular weight is 479 g/mol. The van der Waals surface area contributed by atoms with Crippen LogP contribution in [0, 0.1) is 5.82 Å². The van der Waals surface area contributed by atoms with Gasteiger partial charge in [-0.15, -0.1) is 0 Å². The second-order valence-electron chi connectivity index (χ2n) is 8.24. The number of fused-ring (bicyclic) bond motifs is 1. The Morgan fingerprint density at radius 1 is 1.03 bits per heavy atom. The molecule has 0 radical (unpaired) electrons. The van der Waals surface area contributed by atoms with Gasteiger partial charge in [0.1, 0.15) is 5.82 Å². The normalized spacial score (nSPS) is 20.2. The number of alkyl halides is 3. The van der Waals surface area contributed by atoms with Gasteiger partial charge in [0, 0.05) is 22.7 Å². The number of anilines is 1.